The van der Waals surface area contributed by atoms with Crippen molar-refractivity contribution in [3.05, 3.63) is 310 Å². The zero-order chi connectivity index (χ0) is 84.6. The van der Waals surface area contributed by atoms with Gasteiger partial charge in [-0.25, -0.2) is 50.7 Å². The minimum atomic E-state index is -3.31. The maximum atomic E-state index is 13.4. The van der Waals surface area contributed by atoms with Crippen LogP contribution < -0.4 is 47.2 Å². The highest BCUT2D eigenvalue weighted by atomic mass is 32.2. The van der Waals surface area contributed by atoms with Crippen molar-refractivity contribution < 1.29 is 64.6 Å². The van der Waals surface area contributed by atoms with E-state index in [-0.39, 0.29) is 59.7 Å². The average molecular weight is 1660 g/mol. The van der Waals surface area contributed by atoms with Crippen LogP contribution in [-0.4, -0.2) is 116 Å². The number of thiophene rings is 1. The molecule has 0 radical (unpaired) electrons. The first-order chi connectivity index (χ1) is 56.4. The summed E-state index contributed by atoms with van der Waals surface area (Å²) in [5, 5.41) is 8.12. The standard InChI is InChI=1S/C25H21F2N3O3.C24H24N2O3S3.C21H23N3O3.C18H20FN3O4/c1-16-4-2-7-21(12-16)30-24(32)22(14-23(31)28-20-6-3-5-19(27)13-20)29(25(30)33)15-17-8-10-18(26)11-9-17;1-16-6-7-18(17(2)13-16)14-23(27)26(11-10-19-5-4-12-30-19)24-25-21-9-8-20(32(3,28)29)15-22(21)31-24;1-13-7-9-17(10-8-13)24-14(2)18(20(25)27-3)19(23-21(24)26)16-6-4-5-15(11-16)12-22;1-26-17(24)13-6-8-21(9-7-13)15-10-16(23)22(18(25)20-15)11-12-2-4-14(19)5-3-12/h2-13,22H,14-15H2,1H3,(H,28,31);4-9,12-13,15H,10-11,14H2,1-3H3;4-11,19H,12,22H2,1-3H3,(H,23,26);2-5,10,13H,6-9,11H2,1H3,(H,20,25)/t;;19-;/m..0./s1. The first kappa shape index (κ1) is 86.2. The fourth-order valence-electron chi connectivity index (χ4n) is 13.7. The molecule has 5 N–H and O–H groups in total. The van der Waals surface area contributed by atoms with E-state index in [1.807, 2.05) is 111 Å². The summed E-state index contributed by atoms with van der Waals surface area (Å²) in [5.41, 5.74) is 15.9. The summed E-state index contributed by atoms with van der Waals surface area (Å²) >= 11 is 3.02. The lowest BCUT2D eigenvalue weighted by molar-refractivity contribution is -0.146. The van der Waals surface area contributed by atoms with Crippen molar-refractivity contribution in [2.45, 2.75) is 103 Å². The van der Waals surface area contributed by atoms with Gasteiger partial charge in [-0.15, -0.1) is 11.3 Å². The number of carbonyl (C=O) groups excluding carboxylic acids is 7. The predicted octanol–water partition coefficient (Wildman–Crippen LogP) is 14.1. The molecule has 11 aromatic rings. The van der Waals surface area contributed by atoms with Crippen LogP contribution in [0.25, 0.3) is 10.2 Å². The third-order valence-electron chi connectivity index (χ3n) is 20.0. The Bertz CT molecular complexity index is 5760. The number of urea groups is 2. The van der Waals surface area contributed by atoms with Crippen LogP contribution in [0.5, 0.6) is 0 Å². The minimum absolute atomic E-state index is 0.0177. The Labute approximate surface area is 687 Å². The number of aromatic amines is 1. The smallest absolute Gasteiger partial charge is 0.337 e. The van der Waals surface area contributed by atoms with Crippen LogP contribution in [0.2, 0.25) is 0 Å². The maximum Gasteiger partial charge on any atom is 0.337 e. The lowest BCUT2D eigenvalue weighted by Gasteiger charge is -2.35. The molecule has 14 rings (SSSR count). The average Bonchev–Trinajstić information content (AvgIpc) is 1.53. The van der Waals surface area contributed by atoms with E-state index in [0.717, 1.165) is 60.0 Å². The highest BCUT2D eigenvalue weighted by Gasteiger charge is 2.47. The maximum absolute atomic E-state index is 13.4. The number of methoxy groups -OCH3 is 2. The van der Waals surface area contributed by atoms with Crippen LogP contribution in [0.3, 0.4) is 0 Å². The van der Waals surface area contributed by atoms with Gasteiger partial charge < -0.3 is 35.6 Å². The number of imide groups is 1. The number of amides is 7. The molecule has 2 atom stereocenters. The van der Waals surface area contributed by atoms with Crippen LogP contribution in [-0.2, 0) is 75.8 Å². The Kier molecular flexibility index (Phi) is 28.4. The SMILES string of the molecule is COC(=O)C1=C(C)N(c2ccc(C)cc2)C(=O)N[C@H]1c1cccc(CN)c1.COC(=O)C1CCN(c2cc(=O)n(Cc3ccc(F)cc3)c(=O)[nH]2)CC1.Cc1ccc(CC(=O)N(CCc2cccs2)c2nc3ccc(S(C)(=O)=O)cc3s2)c(C)c1.Cc1cccc(N2C(=O)C(CC(=O)Nc3cccc(F)c3)N(Cc3ccc(F)cc3)C2=O)c1. The number of halogens is 3. The molecule has 8 aromatic carbocycles. The number of hydrogen-bond acceptors (Lipinski definition) is 18. The molecule has 30 heteroatoms. The third-order valence-corrected chi connectivity index (χ3v) is 23.1. The van der Waals surface area contributed by atoms with Crippen molar-refractivity contribution >= 4 is 112 Å². The van der Waals surface area contributed by atoms with Crippen LogP contribution in [0.4, 0.5) is 50.8 Å². The first-order valence-electron chi connectivity index (χ1n) is 37.6. The summed E-state index contributed by atoms with van der Waals surface area (Å²) in [6.07, 6.45) is 3.12. The van der Waals surface area contributed by atoms with Crippen LogP contribution in [0.1, 0.15) is 87.2 Å². The van der Waals surface area contributed by atoms with Gasteiger partial charge in [-0.2, -0.15) is 0 Å². The van der Waals surface area contributed by atoms with Gasteiger partial charge in [0.1, 0.15) is 29.3 Å². The Morgan fingerprint density at radius 2 is 1.34 bits per heavy atom. The number of aryl methyl sites for hydroxylation is 4. The molecular formula is C88H88F3N11O13S3. The number of fused-ring (bicyclic) bond motifs is 1. The number of carbonyl (C=O) groups is 7. The van der Waals surface area contributed by atoms with E-state index in [1.165, 1.54) is 125 Å². The van der Waals surface area contributed by atoms with E-state index in [9.17, 15) is 64.7 Å². The van der Waals surface area contributed by atoms with E-state index < -0.39 is 68.6 Å². The lowest BCUT2D eigenvalue weighted by atomic mass is 9.93. The van der Waals surface area contributed by atoms with Gasteiger partial charge in [0.05, 0.1) is 77.6 Å². The van der Waals surface area contributed by atoms with E-state index in [2.05, 4.69) is 32.7 Å². The van der Waals surface area contributed by atoms with E-state index >= 15 is 0 Å². The molecule has 2 saturated heterocycles. The van der Waals surface area contributed by atoms with E-state index in [1.54, 1.807) is 59.6 Å². The second-order valence-electron chi connectivity index (χ2n) is 28.5. The van der Waals surface area contributed by atoms with E-state index in [0.29, 0.717) is 95.7 Å². The lowest BCUT2D eigenvalue weighted by Crippen LogP contribution is -2.48. The van der Waals surface area contributed by atoms with Gasteiger partial charge in [-0.1, -0.05) is 126 Å². The van der Waals surface area contributed by atoms with Crippen molar-refractivity contribution in [1.29, 1.82) is 0 Å². The number of rotatable bonds is 21. The zero-order valence-corrected chi connectivity index (χ0v) is 68.5. The Morgan fingerprint density at radius 1 is 0.669 bits per heavy atom. The summed E-state index contributed by atoms with van der Waals surface area (Å²) in [7, 11) is -0.607. The predicted molar refractivity (Wildman–Crippen MR) is 450 cm³/mol. The van der Waals surface area contributed by atoms with Crippen molar-refractivity contribution in [2.24, 2.45) is 11.7 Å². The molecule has 612 valence electrons. The fourth-order valence-corrected chi connectivity index (χ4v) is 16.2. The second kappa shape index (κ2) is 38.9. The van der Waals surface area contributed by atoms with Gasteiger partial charge >= 0.3 is 29.7 Å². The number of benzene rings is 8. The summed E-state index contributed by atoms with van der Waals surface area (Å²) < 4.78 is 75.2. The molecule has 3 aliphatic rings. The van der Waals surface area contributed by atoms with Crippen molar-refractivity contribution in [1.82, 2.24) is 24.8 Å². The number of sulfone groups is 1. The summed E-state index contributed by atoms with van der Waals surface area (Å²) in [5.74, 6) is -2.82. The molecule has 24 nitrogen and oxygen atoms in total. The number of anilines is 5. The number of piperidine rings is 1. The van der Waals surface area contributed by atoms with Gasteiger partial charge in [0.2, 0.25) is 11.8 Å². The Hall–Kier alpha value is -12.6. The molecule has 0 aliphatic carbocycles. The molecule has 2 fully saturated rings. The van der Waals surface area contributed by atoms with Gasteiger partial charge in [-0.05, 0) is 189 Å². The topological polar surface area (TPSA) is 306 Å². The van der Waals surface area contributed by atoms with Crippen molar-refractivity contribution in [3.63, 3.8) is 0 Å². The number of aromatic nitrogens is 3. The number of nitrogens with two attached hydrogens (primary N) is 1. The fraction of sp³-hybridized carbons (Fsp3) is 0.250. The molecular weight excluding hydrogens is 1570 g/mol. The van der Waals surface area contributed by atoms with Gasteiger partial charge in [0.15, 0.2) is 15.0 Å². The molecule has 6 heterocycles. The van der Waals surface area contributed by atoms with Crippen LogP contribution >= 0.6 is 22.7 Å². The molecule has 0 saturated carbocycles. The quantitative estimate of drug-likeness (QED) is 0.0384. The normalized spacial score (nSPS) is 14.8. The zero-order valence-electron chi connectivity index (χ0n) is 66.0. The first-order valence-corrected chi connectivity index (χ1v) is 41.2. The Morgan fingerprint density at radius 3 is 1.97 bits per heavy atom. The minimum Gasteiger partial charge on any atom is -0.469 e. The summed E-state index contributed by atoms with van der Waals surface area (Å²) in [6, 6.07) is 52.5. The largest absolute Gasteiger partial charge is 0.469 e. The van der Waals surface area contributed by atoms with E-state index in [4.69, 9.17) is 15.2 Å². The molecule has 0 spiro atoms. The number of nitrogens with one attached hydrogen (secondary N) is 3. The van der Waals surface area contributed by atoms with Crippen molar-refractivity contribution in [2.75, 3.05) is 65.0 Å². The van der Waals surface area contributed by atoms with Crippen LogP contribution in [0.15, 0.2) is 231 Å². The number of hydrogen-bond donors (Lipinski definition) is 4. The number of thiazole rings is 1. The summed E-state index contributed by atoms with van der Waals surface area (Å²) in [4.78, 5) is 131. The van der Waals surface area contributed by atoms with Crippen LogP contribution in [0, 0.1) is 51.1 Å². The highest BCUT2D eigenvalue weighted by Crippen LogP contribution is 2.37. The number of nitrogens with zero attached hydrogens (tertiary/aromatic N) is 7. The van der Waals surface area contributed by atoms with Crippen molar-refractivity contribution in [3.8, 4) is 0 Å². The number of H-pyrrole nitrogens is 1. The number of allylic oxidation sites excluding steroid dienone is 1. The van der Waals surface area contributed by atoms with Gasteiger partial charge in [-0.3, -0.25) is 43.3 Å². The number of ether oxygens (including phenoxy) is 2. The Balaban J connectivity index is 0.000000155. The highest BCUT2D eigenvalue weighted by molar-refractivity contribution is 7.90. The molecule has 3 aliphatic heterocycles. The molecule has 0 bridgehead atoms. The second-order valence-corrected chi connectivity index (χ2v) is 32.6. The monoisotopic (exact) mass is 1660 g/mol. The summed E-state index contributed by atoms with van der Waals surface area (Å²) in [6.45, 7) is 11.7. The molecule has 1 unspecified atom stereocenters. The third kappa shape index (κ3) is 21.7. The van der Waals surface area contributed by atoms with Gasteiger partial charge in [0, 0.05) is 61.3 Å². The number of esters is 2. The molecule has 3 aromatic heterocycles. The van der Waals surface area contributed by atoms with Gasteiger partial charge in [0.25, 0.3) is 11.5 Å². The molecule has 118 heavy (non-hydrogen) atoms. The molecule has 7 amide bonds.